The van der Waals surface area contributed by atoms with Gasteiger partial charge < -0.3 is 10.6 Å². The number of nitrogens with zero attached hydrogens (tertiary/aromatic N) is 3. The van der Waals surface area contributed by atoms with Crippen molar-refractivity contribution in [3.8, 4) is 0 Å². The topological polar surface area (TPSA) is 77.6 Å². The Morgan fingerprint density at radius 1 is 1.16 bits per heavy atom. The van der Waals surface area contributed by atoms with Crippen LogP contribution in [0.25, 0.3) is 0 Å². The van der Waals surface area contributed by atoms with Crippen LogP contribution in [0.3, 0.4) is 0 Å². The Kier molecular flexibility index (Phi) is 6.99. The Labute approximate surface area is 187 Å². The Hall–Kier alpha value is -2.29. The second-order valence-electron chi connectivity index (χ2n) is 8.59. The number of benzene rings is 1. The van der Waals surface area contributed by atoms with Crippen molar-refractivity contribution < 1.29 is 9.59 Å². The monoisotopic (exact) mass is 441 g/mol. The molecule has 1 saturated heterocycles. The second-order valence-corrected chi connectivity index (χ2v) is 9.54. The van der Waals surface area contributed by atoms with E-state index in [9.17, 15) is 9.59 Å². The van der Waals surface area contributed by atoms with Gasteiger partial charge in [-0.05, 0) is 38.8 Å². The summed E-state index contributed by atoms with van der Waals surface area (Å²) < 4.78 is 0. The summed E-state index contributed by atoms with van der Waals surface area (Å²) in [5.74, 6) is 0.112. The highest BCUT2D eigenvalue weighted by Crippen LogP contribution is 2.20. The molecule has 1 unspecified atom stereocenters. The summed E-state index contributed by atoms with van der Waals surface area (Å²) in [6.07, 6.45) is 2.53. The molecule has 2 fully saturated rings. The van der Waals surface area contributed by atoms with Gasteiger partial charge in [-0.2, -0.15) is 0 Å². The van der Waals surface area contributed by atoms with Gasteiger partial charge in [0.25, 0.3) is 0 Å². The summed E-state index contributed by atoms with van der Waals surface area (Å²) in [6.45, 7) is 8.41. The predicted molar refractivity (Wildman–Crippen MR) is 123 cm³/mol. The van der Waals surface area contributed by atoms with E-state index in [1.54, 1.807) is 0 Å². The van der Waals surface area contributed by atoms with Crippen LogP contribution < -0.4 is 10.6 Å². The van der Waals surface area contributed by atoms with E-state index < -0.39 is 0 Å². The van der Waals surface area contributed by atoms with Crippen molar-refractivity contribution >= 4 is 28.8 Å². The summed E-state index contributed by atoms with van der Waals surface area (Å²) in [7, 11) is 0. The largest absolute Gasteiger partial charge is 0.352 e. The van der Waals surface area contributed by atoms with Gasteiger partial charge in [0.15, 0.2) is 0 Å². The zero-order chi connectivity index (χ0) is 21.8. The number of piperazine rings is 1. The number of thiazole rings is 1. The van der Waals surface area contributed by atoms with Gasteiger partial charge in [-0.3, -0.25) is 19.4 Å². The van der Waals surface area contributed by atoms with Gasteiger partial charge in [0.1, 0.15) is 5.01 Å². The molecule has 0 spiro atoms. The van der Waals surface area contributed by atoms with E-state index in [1.807, 2.05) is 43.5 Å². The lowest BCUT2D eigenvalue weighted by Crippen LogP contribution is -2.53. The summed E-state index contributed by atoms with van der Waals surface area (Å²) in [4.78, 5) is 33.9. The lowest BCUT2D eigenvalue weighted by Gasteiger charge is -2.37. The molecule has 31 heavy (non-hydrogen) atoms. The molecule has 1 aliphatic carbocycles. The molecule has 1 aliphatic heterocycles. The molecule has 7 nitrogen and oxygen atoms in total. The molecule has 8 heteroatoms. The summed E-state index contributed by atoms with van der Waals surface area (Å²) in [5, 5.41) is 8.91. The molecule has 4 rings (SSSR count). The first kappa shape index (κ1) is 21.9. The Morgan fingerprint density at radius 3 is 2.55 bits per heavy atom. The normalized spacial score (nSPS) is 18.5. The number of anilines is 1. The fraction of sp³-hybridized carbons (Fsp3) is 0.522. The number of aromatic nitrogens is 1. The molecule has 1 aromatic carbocycles. The molecule has 0 bridgehead atoms. The zero-order valence-corrected chi connectivity index (χ0v) is 19.1. The van der Waals surface area contributed by atoms with E-state index in [4.69, 9.17) is 0 Å². The van der Waals surface area contributed by atoms with Crippen LogP contribution in [0.15, 0.2) is 29.6 Å². The summed E-state index contributed by atoms with van der Waals surface area (Å²) in [5.41, 5.74) is 2.99. The van der Waals surface area contributed by atoms with E-state index in [0.717, 1.165) is 62.0 Å². The minimum atomic E-state index is -0.0688. The first-order chi connectivity index (χ1) is 15.0. The Morgan fingerprint density at radius 2 is 1.87 bits per heavy atom. The predicted octanol–water partition coefficient (Wildman–Crippen LogP) is 2.42. The van der Waals surface area contributed by atoms with E-state index in [-0.39, 0.29) is 17.9 Å². The average Bonchev–Trinajstić information content (AvgIpc) is 3.47. The standard InChI is InChI=1S/C23H31N5O2S/c1-16-3-5-18(6-4-16)24-21(29)13-22-25-20(15-31-22)14-27-9-11-28(12-10-27)17(2)23(30)26-19-7-8-19/h3-6,15,17,19H,7-14H2,1-2H3,(H,24,29)(H,26,30). The van der Waals surface area contributed by atoms with Crippen LogP contribution in [0.4, 0.5) is 5.69 Å². The Bertz CT molecular complexity index is 901. The van der Waals surface area contributed by atoms with E-state index in [0.29, 0.717) is 12.5 Å². The van der Waals surface area contributed by atoms with Crippen LogP contribution in [-0.2, 0) is 22.6 Å². The summed E-state index contributed by atoms with van der Waals surface area (Å²) >= 11 is 1.54. The highest BCUT2D eigenvalue weighted by atomic mass is 32.1. The zero-order valence-electron chi connectivity index (χ0n) is 18.3. The smallest absolute Gasteiger partial charge is 0.237 e. The van der Waals surface area contributed by atoms with Crippen LogP contribution in [-0.4, -0.2) is 64.9 Å². The molecule has 2 heterocycles. The fourth-order valence-corrected chi connectivity index (χ4v) is 4.52. The summed E-state index contributed by atoms with van der Waals surface area (Å²) in [6, 6.07) is 8.14. The minimum Gasteiger partial charge on any atom is -0.352 e. The third-order valence-electron chi connectivity index (χ3n) is 5.89. The fourth-order valence-electron chi connectivity index (χ4n) is 3.74. The van der Waals surface area contributed by atoms with Gasteiger partial charge >= 0.3 is 0 Å². The lowest BCUT2D eigenvalue weighted by atomic mass is 10.2. The van der Waals surface area contributed by atoms with Crippen LogP contribution in [0.1, 0.15) is 36.0 Å². The highest BCUT2D eigenvalue weighted by molar-refractivity contribution is 7.09. The Balaban J connectivity index is 1.20. The molecular weight excluding hydrogens is 410 g/mol. The number of aryl methyl sites for hydroxylation is 1. The lowest BCUT2D eigenvalue weighted by molar-refractivity contribution is -0.126. The van der Waals surface area contributed by atoms with Crippen molar-refractivity contribution in [2.75, 3.05) is 31.5 Å². The number of amides is 2. The first-order valence-corrected chi connectivity index (χ1v) is 11.9. The third-order valence-corrected chi connectivity index (χ3v) is 6.79. The molecule has 1 atom stereocenters. The first-order valence-electron chi connectivity index (χ1n) is 11.0. The molecule has 1 saturated carbocycles. The third kappa shape index (κ3) is 6.35. The molecular formula is C23H31N5O2S. The van der Waals surface area contributed by atoms with Gasteiger partial charge in [0.05, 0.1) is 18.2 Å². The molecule has 0 radical (unpaired) electrons. The number of carbonyl (C=O) groups excluding carboxylic acids is 2. The van der Waals surface area contributed by atoms with E-state index >= 15 is 0 Å². The number of rotatable bonds is 8. The second kappa shape index (κ2) is 9.89. The average molecular weight is 442 g/mol. The van der Waals surface area contributed by atoms with Gasteiger partial charge in [-0.15, -0.1) is 11.3 Å². The number of carbonyl (C=O) groups is 2. The van der Waals surface area contributed by atoms with Gasteiger partial charge in [-0.25, -0.2) is 4.98 Å². The van der Waals surface area contributed by atoms with E-state index in [1.165, 1.54) is 16.9 Å². The molecule has 2 amide bonds. The number of hydrogen-bond acceptors (Lipinski definition) is 6. The molecule has 2 aromatic rings. The maximum Gasteiger partial charge on any atom is 0.237 e. The van der Waals surface area contributed by atoms with Crippen LogP contribution in [0.2, 0.25) is 0 Å². The van der Waals surface area contributed by atoms with Gasteiger partial charge in [-0.1, -0.05) is 17.7 Å². The van der Waals surface area contributed by atoms with Gasteiger partial charge in [0, 0.05) is 49.8 Å². The van der Waals surface area contributed by atoms with E-state index in [2.05, 4.69) is 25.4 Å². The van der Waals surface area contributed by atoms with Crippen LogP contribution >= 0.6 is 11.3 Å². The molecule has 2 aliphatic rings. The van der Waals surface area contributed by atoms with Crippen LogP contribution in [0.5, 0.6) is 0 Å². The van der Waals surface area contributed by atoms with Gasteiger partial charge in [0.2, 0.25) is 11.8 Å². The molecule has 166 valence electrons. The van der Waals surface area contributed by atoms with Crippen molar-refractivity contribution in [1.29, 1.82) is 0 Å². The van der Waals surface area contributed by atoms with Crippen molar-refractivity contribution in [2.45, 2.75) is 51.7 Å². The highest BCUT2D eigenvalue weighted by Gasteiger charge is 2.30. The van der Waals surface area contributed by atoms with Crippen molar-refractivity contribution in [3.05, 3.63) is 45.9 Å². The van der Waals surface area contributed by atoms with Crippen molar-refractivity contribution in [3.63, 3.8) is 0 Å². The molecule has 2 N–H and O–H groups in total. The quantitative estimate of drug-likeness (QED) is 0.658. The number of nitrogens with one attached hydrogen (secondary N) is 2. The maximum absolute atomic E-state index is 12.3. The SMILES string of the molecule is Cc1ccc(NC(=O)Cc2nc(CN3CCN(C(C)C(=O)NC4CC4)CC3)cs2)cc1. The van der Waals surface area contributed by atoms with Crippen LogP contribution in [0, 0.1) is 6.92 Å². The maximum atomic E-state index is 12.3. The number of hydrogen-bond donors (Lipinski definition) is 2. The molecule has 1 aromatic heterocycles. The minimum absolute atomic E-state index is 0.0446. The van der Waals surface area contributed by atoms with Crippen molar-refractivity contribution in [1.82, 2.24) is 20.1 Å². The van der Waals surface area contributed by atoms with Crippen molar-refractivity contribution in [2.24, 2.45) is 0 Å².